The molecule has 0 radical (unpaired) electrons. The van der Waals surface area contributed by atoms with Crippen LogP contribution < -0.4 is 10.6 Å². The number of nitrogens with one attached hydrogen (secondary N) is 2. The van der Waals surface area contributed by atoms with Gasteiger partial charge in [0.1, 0.15) is 0 Å². The van der Waals surface area contributed by atoms with Crippen molar-refractivity contribution in [3.05, 3.63) is 35.9 Å². The van der Waals surface area contributed by atoms with Crippen molar-refractivity contribution < 1.29 is 9.53 Å². The quantitative estimate of drug-likeness (QED) is 0.894. The topological polar surface area (TPSA) is 50.4 Å². The molecule has 1 amide bonds. The van der Waals surface area contributed by atoms with E-state index in [9.17, 15) is 4.79 Å². The third-order valence-corrected chi connectivity index (χ3v) is 4.78. The van der Waals surface area contributed by atoms with E-state index < -0.39 is 5.60 Å². The summed E-state index contributed by atoms with van der Waals surface area (Å²) in [6.45, 7) is 3.85. The second-order valence-electron chi connectivity index (χ2n) is 6.37. The Kier molecular flexibility index (Phi) is 4.00. The lowest BCUT2D eigenvalue weighted by atomic mass is 9.87. The molecule has 1 aliphatic carbocycles. The van der Waals surface area contributed by atoms with Gasteiger partial charge in [-0.1, -0.05) is 43.2 Å². The molecule has 2 aliphatic rings. The summed E-state index contributed by atoms with van der Waals surface area (Å²) < 4.78 is 5.74. The van der Waals surface area contributed by atoms with E-state index in [1.54, 1.807) is 0 Å². The lowest BCUT2D eigenvalue weighted by molar-refractivity contribution is -0.150. The van der Waals surface area contributed by atoms with Crippen LogP contribution in [0.5, 0.6) is 0 Å². The lowest BCUT2D eigenvalue weighted by Gasteiger charge is -2.38. The summed E-state index contributed by atoms with van der Waals surface area (Å²) in [5.41, 5.74) is 0.230. The first-order valence-corrected chi connectivity index (χ1v) is 7.88. The van der Waals surface area contributed by atoms with E-state index >= 15 is 0 Å². The van der Waals surface area contributed by atoms with Crippen molar-refractivity contribution >= 4 is 5.91 Å². The first kappa shape index (κ1) is 14.5. The summed E-state index contributed by atoms with van der Waals surface area (Å²) >= 11 is 0. The number of carbonyl (C=O) groups is 1. The van der Waals surface area contributed by atoms with Crippen LogP contribution in [0.3, 0.4) is 0 Å². The highest BCUT2D eigenvalue weighted by Crippen LogP contribution is 2.39. The Morgan fingerprint density at radius 3 is 2.57 bits per heavy atom. The summed E-state index contributed by atoms with van der Waals surface area (Å²) in [5.74, 6) is 0.000420. The third kappa shape index (κ3) is 2.83. The molecule has 1 heterocycles. The molecular weight excluding hydrogens is 264 g/mol. The fourth-order valence-corrected chi connectivity index (χ4v) is 3.44. The molecule has 2 fully saturated rings. The molecule has 21 heavy (non-hydrogen) atoms. The monoisotopic (exact) mass is 288 g/mol. The predicted octanol–water partition coefficient (Wildman–Crippen LogP) is 1.95. The van der Waals surface area contributed by atoms with Gasteiger partial charge in [0, 0.05) is 13.1 Å². The van der Waals surface area contributed by atoms with Crippen LogP contribution in [0.15, 0.2) is 30.3 Å². The summed E-state index contributed by atoms with van der Waals surface area (Å²) in [7, 11) is 0. The first-order chi connectivity index (χ1) is 10.1. The molecule has 114 valence electrons. The van der Waals surface area contributed by atoms with Crippen LogP contribution in [0.1, 0.15) is 38.2 Å². The summed E-state index contributed by atoms with van der Waals surface area (Å²) in [6, 6.07) is 10.3. The molecule has 0 unspecified atom stereocenters. The van der Waals surface area contributed by atoms with Gasteiger partial charge in [-0.05, 0) is 25.3 Å². The number of morpholine rings is 1. The molecule has 4 nitrogen and oxygen atoms in total. The van der Waals surface area contributed by atoms with Crippen LogP contribution in [-0.4, -0.2) is 31.2 Å². The van der Waals surface area contributed by atoms with E-state index in [0.29, 0.717) is 13.2 Å². The Morgan fingerprint density at radius 1 is 1.24 bits per heavy atom. The highest BCUT2D eigenvalue weighted by Gasteiger charge is 2.43. The van der Waals surface area contributed by atoms with E-state index in [4.69, 9.17) is 4.74 Å². The standard InChI is InChI=1S/C17H24N2O2/c1-16(13-18-11-12-21-16)15(20)19-17(9-5-6-10-17)14-7-3-2-4-8-14/h2-4,7-8,18H,5-6,9-13H2,1H3,(H,19,20)/t16-/m1/s1. The van der Waals surface area contributed by atoms with Gasteiger partial charge >= 0.3 is 0 Å². The number of hydrogen-bond acceptors (Lipinski definition) is 3. The van der Waals surface area contributed by atoms with Crippen molar-refractivity contribution in [2.45, 2.75) is 43.7 Å². The Balaban J connectivity index is 1.81. The molecule has 1 atom stereocenters. The number of amides is 1. The highest BCUT2D eigenvalue weighted by molar-refractivity contribution is 5.86. The fourth-order valence-electron chi connectivity index (χ4n) is 3.44. The zero-order valence-electron chi connectivity index (χ0n) is 12.7. The molecule has 0 bridgehead atoms. The predicted molar refractivity (Wildman–Crippen MR) is 82.0 cm³/mol. The van der Waals surface area contributed by atoms with Crippen LogP contribution in [0.4, 0.5) is 0 Å². The molecule has 1 aromatic carbocycles. The second-order valence-corrected chi connectivity index (χ2v) is 6.37. The summed E-state index contributed by atoms with van der Waals surface area (Å²) in [5, 5.41) is 6.56. The minimum Gasteiger partial charge on any atom is -0.363 e. The van der Waals surface area contributed by atoms with Crippen LogP contribution in [0.2, 0.25) is 0 Å². The minimum atomic E-state index is -0.761. The molecule has 1 saturated carbocycles. The minimum absolute atomic E-state index is 0.000420. The van der Waals surface area contributed by atoms with Gasteiger partial charge in [-0.15, -0.1) is 0 Å². The zero-order valence-corrected chi connectivity index (χ0v) is 12.7. The summed E-state index contributed by atoms with van der Waals surface area (Å²) in [4.78, 5) is 12.8. The van der Waals surface area contributed by atoms with E-state index in [2.05, 4.69) is 22.8 Å². The first-order valence-electron chi connectivity index (χ1n) is 7.88. The summed E-state index contributed by atoms with van der Waals surface area (Å²) in [6.07, 6.45) is 4.33. The van der Waals surface area contributed by atoms with Gasteiger partial charge in [-0.2, -0.15) is 0 Å². The Morgan fingerprint density at radius 2 is 1.95 bits per heavy atom. The third-order valence-electron chi connectivity index (χ3n) is 4.78. The molecule has 1 aliphatic heterocycles. The number of rotatable bonds is 3. The molecule has 1 aromatic rings. The lowest BCUT2D eigenvalue weighted by Crippen LogP contribution is -2.60. The van der Waals surface area contributed by atoms with Gasteiger partial charge in [0.15, 0.2) is 5.60 Å². The zero-order chi connectivity index (χ0) is 14.8. The SMILES string of the molecule is C[C@]1(C(=O)NC2(c3ccccc3)CCCC2)CNCCO1. The van der Waals surface area contributed by atoms with E-state index in [-0.39, 0.29) is 11.4 Å². The van der Waals surface area contributed by atoms with Gasteiger partial charge in [0.25, 0.3) is 5.91 Å². The highest BCUT2D eigenvalue weighted by atomic mass is 16.5. The smallest absolute Gasteiger partial charge is 0.253 e. The van der Waals surface area contributed by atoms with E-state index in [1.807, 2.05) is 25.1 Å². The largest absolute Gasteiger partial charge is 0.363 e. The van der Waals surface area contributed by atoms with Crippen molar-refractivity contribution in [2.24, 2.45) is 0 Å². The van der Waals surface area contributed by atoms with Crippen molar-refractivity contribution in [3.8, 4) is 0 Å². The van der Waals surface area contributed by atoms with Gasteiger partial charge < -0.3 is 15.4 Å². The molecule has 0 spiro atoms. The maximum atomic E-state index is 12.8. The van der Waals surface area contributed by atoms with Crippen molar-refractivity contribution in [1.82, 2.24) is 10.6 Å². The van der Waals surface area contributed by atoms with E-state index in [0.717, 1.165) is 32.2 Å². The van der Waals surface area contributed by atoms with Crippen molar-refractivity contribution in [2.75, 3.05) is 19.7 Å². The molecule has 0 aromatic heterocycles. The van der Waals surface area contributed by atoms with Crippen LogP contribution in [-0.2, 0) is 15.1 Å². The number of hydrogen-bond donors (Lipinski definition) is 2. The average molecular weight is 288 g/mol. The van der Waals surface area contributed by atoms with Crippen molar-refractivity contribution in [3.63, 3.8) is 0 Å². The van der Waals surface area contributed by atoms with Gasteiger partial charge in [0.2, 0.25) is 0 Å². The van der Waals surface area contributed by atoms with Gasteiger partial charge in [-0.3, -0.25) is 4.79 Å². The molecule has 1 saturated heterocycles. The second kappa shape index (κ2) is 5.78. The normalized spacial score (nSPS) is 28.2. The Hall–Kier alpha value is -1.39. The fraction of sp³-hybridized carbons (Fsp3) is 0.588. The maximum absolute atomic E-state index is 12.8. The number of benzene rings is 1. The van der Waals surface area contributed by atoms with Gasteiger partial charge in [-0.25, -0.2) is 0 Å². The Labute approximate surface area is 126 Å². The Bertz CT molecular complexity index is 489. The van der Waals surface area contributed by atoms with Crippen molar-refractivity contribution in [1.29, 1.82) is 0 Å². The molecule has 4 heteroatoms. The molecular formula is C17H24N2O2. The number of carbonyl (C=O) groups excluding carboxylic acids is 1. The molecule has 3 rings (SSSR count). The average Bonchev–Trinajstić information content (AvgIpc) is 2.99. The van der Waals surface area contributed by atoms with E-state index in [1.165, 1.54) is 5.56 Å². The molecule has 2 N–H and O–H groups in total. The maximum Gasteiger partial charge on any atom is 0.253 e. The van der Waals surface area contributed by atoms with Crippen LogP contribution in [0, 0.1) is 0 Å². The van der Waals surface area contributed by atoms with Crippen LogP contribution in [0.25, 0.3) is 0 Å². The van der Waals surface area contributed by atoms with Crippen LogP contribution >= 0.6 is 0 Å². The number of ether oxygens (including phenoxy) is 1. The van der Waals surface area contributed by atoms with Gasteiger partial charge in [0.05, 0.1) is 12.1 Å².